The maximum Gasteiger partial charge on any atom is 0.226 e. The maximum absolute atomic E-state index is 5.46. The monoisotopic (exact) mass is 160 g/mol. The number of hydrogen-bond donors (Lipinski definition) is 0. The average molecular weight is 161 g/mol. The molecular formula is C6H9ClN2O. The van der Waals surface area contributed by atoms with Crippen molar-refractivity contribution in [2.45, 2.75) is 25.6 Å². The van der Waals surface area contributed by atoms with Crippen LogP contribution in [-0.4, -0.2) is 10.1 Å². The Hall–Kier alpha value is -0.570. The molecule has 0 radical (unpaired) electrons. The lowest BCUT2D eigenvalue weighted by molar-refractivity contribution is 0.373. The van der Waals surface area contributed by atoms with Crippen molar-refractivity contribution in [1.29, 1.82) is 0 Å². The van der Waals surface area contributed by atoms with Gasteiger partial charge in [-0.2, -0.15) is 4.98 Å². The molecular weight excluding hydrogens is 152 g/mol. The van der Waals surface area contributed by atoms with Gasteiger partial charge in [-0.1, -0.05) is 12.1 Å². The van der Waals surface area contributed by atoms with Crippen molar-refractivity contribution in [1.82, 2.24) is 10.1 Å². The summed E-state index contributed by atoms with van der Waals surface area (Å²) >= 11 is 5.46. The van der Waals surface area contributed by atoms with Gasteiger partial charge < -0.3 is 4.52 Å². The van der Waals surface area contributed by atoms with Gasteiger partial charge in [-0.05, 0) is 6.42 Å². The van der Waals surface area contributed by atoms with Crippen LogP contribution >= 0.6 is 11.6 Å². The Bertz CT molecular complexity index is 199. The molecule has 0 aliphatic carbocycles. The number of aryl methyl sites for hydroxylation is 1. The smallest absolute Gasteiger partial charge is 0.226 e. The zero-order valence-corrected chi connectivity index (χ0v) is 6.56. The molecule has 0 saturated carbocycles. The highest BCUT2D eigenvalue weighted by atomic mass is 35.5. The fourth-order valence-corrected chi connectivity index (χ4v) is 0.768. The van der Waals surface area contributed by atoms with E-state index in [1.807, 2.05) is 0 Å². The van der Waals surface area contributed by atoms with Crippen LogP contribution in [0.15, 0.2) is 4.52 Å². The van der Waals surface area contributed by atoms with Crippen LogP contribution in [0.2, 0.25) is 0 Å². The topological polar surface area (TPSA) is 38.9 Å². The number of rotatable bonds is 3. The lowest BCUT2D eigenvalue weighted by atomic mass is 10.3. The zero-order chi connectivity index (χ0) is 7.40. The van der Waals surface area contributed by atoms with Crippen LogP contribution in [0, 0.1) is 0 Å². The van der Waals surface area contributed by atoms with Crippen LogP contribution in [0.1, 0.15) is 25.1 Å². The van der Waals surface area contributed by atoms with E-state index in [1.165, 1.54) is 0 Å². The van der Waals surface area contributed by atoms with E-state index in [-0.39, 0.29) is 0 Å². The molecule has 0 amide bonds. The summed E-state index contributed by atoms with van der Waals surface area (Å²) in [4.78, 5) is 4.01. The summed E-state index contributed by atoms with van der Waals surface area (Å²) in [5, 5.41) is 3.64. The molecule has 0 N–H and O–H groups in total. The van der Waals surface area contributed by atoms with E-state index < -0.39 is 0 Å². The Morgan fingerprint density at radius 2 is 2.40 bits per heavy atom. The number of halogens is 1. The second kappa shape index (κ2) is 3.56. The van der Waals surface area contributed by atoms with Gasteiger partial charge in [-0.15, -0.1) is 11.6 Å². The molecule has 1 heterocycles. The maximum atomic E-state index is 5.46. The molecule has 0 spiro atoms. The lowest BCUT2D eigenvalue weighted by Crippen LogP contribution is -1.83. The van der Waals surface area contributed by atoms with E-state index in [4.69, 9.17) is 16.1 Å². The second-order valence-electron chi connectivity index (χ2n) is 1.99. The van der Waals surface area contributed by atoms with Crippen molar-refractivity contribution in [2.75, 3.05) is 0 Å². The van der Waals surface area contributed by atoms with Crippen LogP contribution in [0.25, 0.3) is 0 Å². The first-order chi connectivity index (χ1) is 4.86. The molecule has 56 valence electrons. The Labute approximate surface area is 64.4 Å². The molecule has 1 aromatic heterocycles. The van der Waals surface area contributed by atoms with E-state index >= 15 is 0 Å². The van der Waals surface area contributed by atoms with Crippen LogP contribution in [0.5, 0.6) is 0 Å². The molecule has 0 bridgehead atoms. The zero-order valence-electron chi connectivity index (χ0n) is 5.80. The molecule has 0 aliphatic rings. The summed E-state index contributed by atoms with van der Waals surface area (Å²) in [6, 6.07) is 0. The van der Waals surface area contributed by atoms with Gasteiger partial charge in [0.15, 0.2) is 5.82 Å². The summed E-state index contributed by atoms with van der Waals surface area (Å²) in [5.41, 5.74) is 0. The Balaban J connectivity index is 2.59. The van der Waals surface area contributed by atoms with Crippen molar-refractivity contribution in [2.24, 2.45) is 0 Å². The van der Waals surface area contributed by atoms with E-state index in [1.54, 1.807) is 0 Å². The molecule has 0 unspecified atom stereocenters. The third-order valence-corrected chi connectivity index (χ3v) is 1.33. The van der Waals surface area contributed by atoms with Gasteiger partial charge in [0, 0.05) is 6.42 Å². The quantitative estimate of drug-likeness (QED) is 0.633. The molecule has 0 fully saturated rings. The molecule has 3 nitrogen and oxygen atoms in total. The van der Waals surface area contributed by atoms with Gasteiger partial charge in [0.2, 0.25) is 5.89 Å². The fraction of sp³-hybridized carbons (Fsp3) is 0.667. The lowest BCUT2D eigenvalue weighted by Gasteiger charge is -1.82. The number of hydrogen-bond acceptors (Lipinski definition) is 3. The summed E-state index contributed by atoms with van der Waals surface area (Å²) in [6.45, 7) is 2.06. The van der Waals surface area contributed by atoms with Gasteiger partial charge in [0.05, 0.1) is 5.88 Å². The number of aromatic nitrogens is 2. The molecule has 4 heteroatoms. The van der Waals surface area contributed by atoms with Crippen molar-refractivity contribution < 1.29 is 4.52 Å². The van der Waals surface area contributed by atoms with Gasteiger partial charge in [-0.25, -0.2) is 0 Å². The van der Waals surface area contributed by atoms with Crippen LogP contribution in [-0.2, 0) is 12.3 Å². The number of alkyl halides is 1. The predicted molar refractivity (Wildman–Crippen MR) is 37.9 cm³/mol. The number of nitrogens with zero attached hydrogens (tertiary/aromatic N) is 2. The molecule has 1 aromatic rings. The molecule has 10 heavy (non-hydrogen) atoms. The van der Waals surface area contributed by atoms with Crippen molar-refractivity contribution in [3.8, 4) is 0 Å². The van der Waals surface area contributed by atoms with Crippen LogP contribution in [0.4, 0.5) is 0 Å². The largest absolute Gasteiger partial charge is 0.339 e. The average Bonchev–Trinajstić information content (AvgIpc) is 2.37. The summed E-state index contributed by atoms with van der Waals surface area (Å²) in [7, 11) is 0. The van der Waals surface area contributed by atoms with Crippen molar-refractivity contribution in [3.63, 3.8) is 0 Å². The van der Waals surface area contributed by atoms with E-state index in [0.717, 1.165) is 12.8 Å². The molecule has 0 aromatic carbocycles. The summed E-state index contributed by atoms with van der Waals surface area (Å²) < 4.78 is 4.85. The predicted octanol–water partition coefficient (Wildman–Crippen LogP) is 1.76. The second-order valence-corrected chi connectivity index (χ2v) is 2.26. The molecule has 0 aliphatic heterocycles. The molecule has 0 atom stereocenters. The van der Waals surface area contributed by atoms with Gasteiger partial charge in [0.1, 0.15) is 0 Å². The van der Waals surface area contributed by atoms with Gasteiger partial charge in [0.25, 0.3) is 0 Å². The third kappa shape index (κ3) is 1.70. The van der Waals surface area contributed by atoms with E-state index in [9.17, 15) is 0 Å². The van der Waals surface area contributed by atoms with Crippen LogP contribution < -0.4 is 0 Å². The minimum atomic E-state index is 0.327. The van der Waals surface area contributed by atoms with Crippen molar-refractivity contribution in [3.05, 3.63) is 11.7 Å². The standard InChI is InChI=1S/C6H9ClN2O/c1-2-3-6-8-5(4-7)9-10-6/h2-4H2,1H3. The third-order valence-electron chi connectivity index (χ3n) is 1.09. The van der Waals surface area contributed by atoms with Gasteiger partial charge >= 0.3 is 0 Å². The first-order valence-corrected chi connectivity index (χ1v) is 3.77. The Morgan fingerprint density at radius 3 is 2.90 bits per heavy atom. The summed E-state index contributed by atoms with van der Waals surface area (Å²) in [6.07, 6.45) is 1.85. The Kier molecular flexibility index (Phi) is 2.68. The van der Waals surface area contributed by atoms with E-state index in [2.05, 4.69) is 17.1 Å². The van der Waals surface area contributed by atoms with E-state index in [0.29, 0.717) is 17.6 Å². The highest BCUT2D eigenvalue weighted by Gasteiger charge is 2.01. The first-order valence-electron chi connectivity index (χ1n) is 3.24. The summed E-state index contributed by atoms with van der Waals surface area (Å²) in [5.74, 6) is 1.58. The molecule has 1 rings (SSSR count). The highest BCUT2D eigenvalue weighted by Crippen LogP contribution is 2.01. The normalized spacial score (nSPS) is 10.2. The van der Waals surface area contributed by atoms with Crippen LogP contribution in [0.3, 0.4) is 0 Å². The van der Waals surface area contributed by atoms with Gasteiger partial charge in [-0.3, -0.25) is 0 Å². The van der Waals surface area contributed by atoms with Crippen molar-refractivity contribution >= 4 is 11.6 Å². The highest BCUT2D eigenvalue weighted by molar-refractivity contribution is 6.16. The molecule has 0 saturated heterocycles. The fourth-order valence-electron chi connectivity index (χ4n) is 0.660. The first kappa shape index (κ1) is 7.54. The minimum Gasteiger partial charge on any atom is -0.339 e. The minimum absolute atomic E-state index is 0.327. The Morgan fingerprint density at radius 1 is 1.60 bits per heavy atom. The SMILES string of the molecule is CCCc1nc(CCl)no1.